The number of methoxy groups -OCH3 is 1. The Morgan fingerprint density at radius 3 is 2.39 bits per heavy atom. The van der Waals surface area contributed by atoms with Crippen LogP contribution in [0.25, 0.3) is 0 Å². The number of fused-ring (bicyclic) bond motifs is 2. The highest BCUT2D eigenvalue weighted by molar-refractivity contribution is 7.90. The Bertz CT molecular complexity index is 1060. The smallest absolute Gasteiger partial charge is 0.453 e. The van der Waals surface area contributed by atoms with Gasteiger partial charge in [0.1, 0.15) is 5.82 Å². The number of ether oxygens (including phenoxy) is 2. The topological polar surface area (TPSA) is 111 Å². The number of likely N-dealkylation sites (tertiary alicyclic amines) is 1. The highest BCUT2D eigenvalue weighted by Crippen LogP contribution is 2.54. The molecule has 8 atom stereocenters. The van der Waals surface area contributed by atoms with E-state index in [-0.39, 0.29) is 36.9 Å². The molecule has 2 unspecified atom stereocenters. The minimum Gasteiger partial charge on any atom is -0.453 e. The number of aromatic nitrogens is 2. The van der Waals surface area contributed by atoms with Crippen molar-refractivity contribution < 1.29 is 40.2 Å². The maximum atomic E-state index is 13.3. The second-order valence-corrected chi connectivity index (χ2v) is 11.7. The molecule has 0 radical (unpaired) electrons. The predicted molar refractivity (Wildman–Crippen MR) is 118 cm³/mol. The number of halogens is 4. The van der Waals surface area contributed by atoms with Gasteiger partial charge in [0.2, 0.25) is 0 Å². The van der Waals surface area contributed by atoms with Gasteiger partial charge in [0.25, 0.3) is 0 Å². The normalized spacial score (nSPS) is 34.7. The number of nitrogens with one attached hydrogen (secondary N) is 1. The summed E-state index contributed by atoms with van der Waals surface area (Å²) in [5, 5.41) is 0. The third-order valence-corrected chi connectivity index (χ3v) is 9.11. The molecular formula is C22H30F4N4O5S. The second-order valence-electron chi connectivity index (χ2n) is 10.0. The summed E-state index contributed by atoms with van der Waals surface area (Å²) in [6, 6.07) is -2.72. The first-order valence-electron chi connectivity index (χ1n) is 11.9. The predicted octanol–water partition coefficient (Wildman–Crippen LogP) is 3.19. The molecule has 1 N–H and O–H groups in total. The van der Waals surface area contributed by atoms with Gasteiger partial charge in [0.05, 0.1) is 38.3 Å². The molecule has 36 heavy (non-hydrogen) atoms. The fourth-order valence-electron chi connectivity index (χ4n) is 6.28. The highest BCUT2D eigenvalue weighted by Gasteiger charge is 2.52. The van der Waals surface area contributed by atoms with Crippen LogP contribution in [0.5, 0.6) is 0 Å². The zero-order valence-corrected chi connectivity index (χ0v) is 20.9. The van der Waals surface area contributed by atoms with Gasteiger partial charge in [0.15, 0.2) is 5.82 Å². The van der Waals surface area contributed by atoms with Crippen LogP contribution in [0.4, 0.5) is 22.4 Å². The molecule has 0 spiro atoms. The Kier molecular flexibility index (Phi) is 7.50. The molecule has 1 aliphatic heterocycles. The van der Waals surface area contributed by atoms with Crippen LogP contribution in [-0.4, -0.2) is 72.8 Å². The van der Waals surface area contributed by atoms with Crippen LogP contribution in [0.1, 0.15) is 51.3 Å². The van der Waals surface area contributed by atoms with Crippen molar-refractivity contribution in [2.45, 2.75) is 75.2 Å². The lowest BCUT2D eigenvalue weighted by molar-refractivity contribution is -0.0458. The van der Waals surface area contributed by atoms with Gasteiger partial charge in [-0.2, -0.15) is 13.2 Å². The molecule has 0 aromatic carbocycles. The number of hydrogen-bond acceptors (Lipinski definition) is 7. The minimum absolute atomic E-state index is 0.0185. The summed E-state index contributed by atoms with van der Waals surface area (Å²) in [5.74, 6) is 0.830. The Morgan fingerprint density at radius 1 is 1.14 bits per heavy atom. The van der Waals surface area contributed by atoms with Gasteiger partial charge in [-0.1, -0.05) is 6.92 Å². The molecule has 9 nitrogen and oxygen atoms in total. The number of alkyl halides is 3. The Balaban J connectivity index is 1.47. The third kappa shape index (κ3) is 5.17. The molecule has 3 fully saturated rings. The molecule has 2 bridgehead atoms. The Labute approximate surface area is 207 Å². The van der Waals surface area contributed by atoms with Crippen molar-refractivity contribution in [3.63, 3.8) is 0 Å². The molecule has 1 aromatic heterocycles. The third-order valence-electron chi connectivity index (χ3n) is 7.88. The largest absolute Gasteiger partial charge is 0.511 e. The average Bonchev–Trinajstić information content (AvgIpc) is 3.22. The van der Waals surface area contributed by atoms with E-state index in [4.69, 9.17) is 9.47 Å². The molecule has 1 saturated heterocycles. The number of carbonyl (C=O) groups is 1. The first-order chi connectivity index (χ1) is 16.8. The van der Waals surface area contributed by atoms with Crippen LogP contribution in [0.3, 0.4) is 0 Å². The minimum atomic E-state index is -5.62. The second kappa shape index (κ2) is 10.0. The van der Waals surface area contributed by atoms with Gasteiger partial charge in [-0.3, -0.25) is 4.90 Å². The van der Waals surface area contributed by atoms with Crippen LogP contribution in [-0.2, 0) is 19.5 Å². The number of sulfonamides is 1. The first-order valence-corrected chi connectivity index (χ1v) is 13.3. The lowest BCUT2D eigenvalue weighted by Crippen LogP contribution is -2.52. The molecule has 3 aliphatic rings. The zero-order chi connectivity index (χ0) is 26.4. The summed E-state index contributed by atoms with van der Waals surface area (Å²) < 4.78 is 88.6. The average molecular weight is 539 g/mol. The Morgan fingerprint density at radius 2 is 1.78 bits per heavy atom. The summed E-state index contributed by atoms with van der Waals surface area (Å²) in [4.78, 5) is 22.0. The highest BCUT2D eigenvalue weighted by atomic mass is 32.2. The van der Waals surface area contributed by atoms with Gasteiger partial charge in [-0.15, -0.1) is 0 Å². The van der Waals surface area contributed by atoms with Gasteiger partial charge >= 0.3 is 21.6 Å². The molecule has 1 amide bonds. The van der Waals surface area contributed by atoms with Crippen molar-refractivity contribution in [1.29, 1.82) is 0 Å². The van der Waals surface area contributed by atoms with Crippen molar-refractivity contribution in [3.8, 4) is 0 Å². The maximum absolute atomic E-state index is 13.3. The van der Waals surface area contributed by atoms with E-state index in [9.17, 15) is 30.8 Å². The van der Waals surface area contributed by atoms with Crippen molar-refractivity contribution >= 4 is 16.1 Å². The van der Waals surface area contributed by atoms with Crippen LogP contribution >= 0.6 is 0 Å². The first kappa shape index (κ1) is 27.0. The molecule has 2 heterocycles. The number of hydrogen-bond donors (Lipinski definition) is 1. The van der Waals surface area contributed by atoms with Crippen LogP contribution in [0.15, 0.2) is 12.4 Å². The van der Waals surface area contributed by atoms with Crippen molar-refractivity contribution in [1.82, 2.24) is 19.6 Å². The summed E-state index contributed by atoms with van der Waals surface area (Å²) in [7, 11) is -4.47. The van der Waals surface area contributed by atoms with E-state index >= 15 is 0 Å². The summed E-state index contributed by atoms with van der Waals surface area (Å²) >= 11 is 0. The molecule has 2 aliphatic carbocycles. The zero-order valence-electron chi connectivity index (χ0n) is 20.1. The van der Waals surface area contributed by atoms with E-state index in [2.05, 4.69) is 16.9 Å². The van der Waals surface area contributed by atoms with Gasteiger partial charge < -0.3 is 9.47 Å². The van der Waals surface area contributed by atoms with E-state index in [0.717, 1.165) is 25.9 Å². The van der Waals surface area contributed by atoms with Gasteiger partial charge in [-0.05, 0) is 50.4 Å². The number of carbonyl (C=O) groups excluding carboxylic acids is 1. The molecule has 14 heteroatoms. The number of amides is 1. The standard InChI is InChI=1S/C22H30F4N4O5S/c1-11-4-17(29-36(32,33)22(24,25)26)18(30(11)21(31)34-3)10-35-16-6-13-5-14(7-16)19(12(13)2)20-27-8-15(23)9-28-20/h8-9,11-14,16-19,29H,4-7,10H2,1-3H3/t11-,12-,13+,14?,16+,17+,18+,19?/m1/s1. The maximum Gasteiger partial charge on any atom is 0.511 e. The van der Waals surface area contributed by atoms with Crippen molar-refractivity contribution in [3.05, 3.63) is 24.0 Å². The monoisotopic (exact) mass is 538 g/mol. The lowest BCUT2D eigenvalue weighted by atomic mass is 9.85. The lowest BCUT2D eigenvalue weighted by Gasteiger charge is -2.33. The van der Waals surface area contributed by atoms with E-state index in [1.807, 2.05) is 0 Å². The summed E-state index contributed by atoms with van der Waals surface area (Å²) in [5.41, 5.74) is -5.48. The van der Waals surface area contributed by atoms with E-state index in [0.29, 0.717) is 24.6 Å². The summed E-state index contributed by atoms with van der Waals surface area (Å²) in [6.45, 7) is 3.56. The molecule has 1 aromatic rings. The Hall–Kier alpha value is -2.06. The van der Waals surface area contributed by atoms with Crippen molar-refractivity contribution in [2.24, 2.45) is 17.8 Å². The molecule has 2 saturated carbocycles. The molecule has 202 valence electrons. The SMILES string of the molecule is COC(=O)N1[C@H](C)C[C@H](NS(=O)(=O)C(F)(F)F)[C@@H]1CO[C@@H]1CC2C[C@@H](C1)[C@@H](C)C2c1ncc(F)cn1. The van der Waals surface area contributed by atoms with Gasteiger partial charge in [0, 0.05) is 18.0 Å². The van der Waals surface area contributed by atoms with Crippen LogP contribution < -0.4 is 4.72 Å². The van der Waals surface area contributed by atoms with Gasteiger partial charge in [-0.25, -0.2) is 32.3 Å². The van der Waals surface area contributed by atoms with Crippen LogP contribution in [0, 0.1) is 23.6 Å². The quantitative estimate of drug-likeness (QED) is 0.554. The fraction of sp³-hybridized carbons (Fsp3) is 0.773. The molecular weight excluding hydrogens is 508 g/mol. The molecule has 4 rings (SSSR count). The van der Waals surface area contributed by atoms with E-state index in [1.165, 1.54) is 4.90 Å². The summed E-state index contributed by atoms with van der Waals surface area (Å²) in [6.07, 6.45) is 3.56. The van der Waals surface area contributed by atoms with Crippen LogP contribution in [0.2, 0.25) is 0 Å². The van der Waals surface area contributed by atoms with Crippen molar-refractivity contribution in [2.75, 3.05) is 13.7 Å². The number of rotatable bonds is 6. The number of nitrogens with zero attached hydrogens (tertiary/aromatic N) is 3. The fourth-order valence-corrected chi connectivity index (χ4v) is 7.06. The van der Waals surface area contributed by atoms with E-state index < -0.39 is 45.6 Å². The van der Waals surface area contributed by atoms with E-state index in [1.54, 1.807) is 11.6 Å².